The number of carbonyl (C=O) groups excluding carboxylic acids is 2. The lowest BCUT2D eigenvalue weighted by Crippen LogP contribution is -2.22. The van der Waals surface area contributed by atoms with Crippen LogP contribution in [0.3, 0.4) is 0 Å². The van der Waals surface area contributed by atoms with Crippen LogP contribution in [0, 0.1) is 6.92 Å². The maximum atomic E-state index is 12.1. The molecule has 0 bridgehead atoms. The van der Waals surface area contributed by atoms with Crippen molar-refractivity contribution in [1.82, 2.24) is 4.98 Å². The number of nitrogens with one attached hydrogen (secondary N) is 1. The number of pyridine rings is 1. The summed E-state index contributed by atoms with van der Waals surface area (Å²) in [5.41, 5.74) is 1.77. The Bertz CT molecular complexity index is 1050. The van der Waals surface area contributed by atoms with Gasteiger partial charge in [0, 0.05) is 17.0 Å². The molecule has 0 fully saturated rings. The molecule has 9 heteroatoms. The molecule has 7 nitrogen and oxygen atoms in total. The van der Waals surface area contributed by atoms with Crippen molar-refractivity contribution in [3.05, 3.63) is 51.8 Å². The Morgan fingerprint density at radius 3 is 2.75 bits per heavy atom. The van der Waals surface area contributed by atoms with Crippen molar-refractivity contribution < 1.29 is 23.5 Å². The van der Waals surface area contributed by atoms with Gasteiger partial charge in [-0.3, -0.25) is 9.59 Å². The van der Waals surface area contributed by atoms with E-state index in [-0.39, 0.29) is 17.3 Å². The second-order valence-corrected chi connectivity index (χ2v) is 6.71. The molecule has 3 aromatic rings. The van der Waals surface area contributed by atoms with E-state index in [4.69, 9.17) is 37.1 Å². The molecule has 2 aromatic heterocycles. The number of aromatic nitrogens is 1. The van der Waals surface area contributed by atoms with Gasteiger partial charge in [0.05, 0.1) is 35.5 Å². The van der Waals surface area contributed by atoms with Crippen molar-refractivity contribution in [2.24, 2.45) is 0 Å². The normalized spacial score (nSPS) is 10.7. The van der Waals surface area contributed by atoms with Crippen LogP contribution in [0.25, 0.3) is 11.0 Å². The first-order chi connectivity index (χ1) is 13.4. The fourth-order valence-electron chi connectivity index (χ4n) is 2.49. The summed E-state index contributed by atoms with van der Waals surface area (Å²) in [7, 11) is 1.56. The third-order valence-corrected chi connectivity index (χ3v) is 4.60. The van der Waals surface area contributed by atoms with E-state index in [2.05, 4.69) is 10.3 Å². The number of hydrogen-bond donors (Lipinski definition) is 1. The molecule has 1 N–H and O–H groups in total. The number of anilines is 1. The van der Waals surface area contributed by atoms with Gasteiger partial charge in [0.2, 0.25) is 0 Å². The number of aryl methyl sites for hydroxylation is 1. The van der Waals surface area contributed by atoms with Gasteiger partial charge in [-0.25, -0.2) is 4.98 Å². The van der Waals surface area contributed by atoms with E-state index in [1.165, 1.54) is 12.3 Å². The van der Waals surface area contributed by atoms with Crippen LogP contribution in [0.4, 0.5) is 5.82 Å². The van der Waals surface area contributed by atoms with Crippen LogP contribution < -0.4 is 10.1 Å². The molecule has 146 valence electrons. The highest BCUT2D eigenvalue weighted by Crippen LogP contribution is 2.27. The Morgan fingerprint density at radius 1 is 1.21 bits per heavy atom. The van der Waals surface area contributed by atoms with Gasteiger partial charge in [-0.1, -0.05) is 23.2 Å². The molecular formula is C19H16Cl2N2O5. The summed E-state index contributed by atoms with van der Waals surface area (Å²) in [5.74, 6) is -0.331. The van der Waals surface area contributed by atoms with Gasteiger partial charge >= 0.3 is 5.97 Å². The fourth-order valence-corrected chi connectivity index (χ4v) is 2.90. The molecule has 0 saturated heterocycles. The van der Waals surface area contributed by atoms with Crippen molar-refractivity contribution in [2.45, 2.75) is 13.3 Å². The number of carbonyl (C=O) groups is 2. The highest BCUT2D eigenvalue weighted by Gasteiger charge is 2.15. The van der Waals surface area contributed by atoms with Crippen LogP contribution in [0.15, 0.2) is 34.9 Å². The number of fused-ring (bicyclic) bond motifs is 1. The molecule has 2 heterocycles. The predicted octanol–water partition coefficient (Wildman–Crippen LogP) is 4.18. The number of benzene rings is 1. The number of methoxy groups -OCH3 is 1. The minimum atomic E-state index is -0.569. The molecule has 0 aliphatic heterocycles. The lowest BCUT2D eigenvalue weighted by Gasteiger charge is -2.09. The van der Waals surface area contributed by atoms with Gasteiger partial charge in [-0.05, 0) is 25.1 Å². The zero-order valence-electron chi connectivity index (χ0n) is 15.0. The molecule has 0 unspecified atom stereocenters. The number of hydrogen-bond acceptors (Lipinski definition) is 6. The number of halogens is 2. The van der Waals surface area contributed by atoms with Crippen molar-refractivity contribution in [1.29, 1.82) is 0 Å². The topological polar surface area (TPSA) is 90.7 Å². The molecular weight excluding hydrogens is 407 g/mol. The molecule has 0 aliphatic rings. The molecule has 0 radical (unpaired) electrons. The third kappa shape index (κ3) is 4.55. The average Bonchev–Trinajstić information content (AvgIpc) is 3.06. The number of esters is 1. The highest BCUT2D eigenvalue weighted by atomic mass is 35.5. The third-order valence-electron chi connectivity index (χ3n) is 3.92. The quantitative estimate of drug-likeness (QED) is 0.599. The van der Waals surface area contributed by atoms with E-state index in [0.29, 0.717) is 27.6 Å². The standard InChI is InChI=1S/C19H16Cl2N2O5/c1-10-14(20)7-15(21)19(22-10)23-17(24)9-28-18(25)5-11-8-27-16-6-12(26-2)3-4-13(11)16/h3-4,6-8H,5,9H2,1-2H3,(H,22,23,24). The van der Waals surface area contributed by atoms with Gasteiger partial charge in [-0.15, -0.1) is 0 Å². The summed E-state index contributed by atoms with van der Waals surface area (Å²) in [6, 6.07) is 6.77. The molecule has 0 saturated carbocycles. The summed E-state index contributed by atoms with van der Waals surface area (Å²) in [6.07, 6.45) is 1.44. The molecule has 1 aromatic carbocycles. The van der Waals surface area contributed by atoms with Gasteiger partial charge < -0.3 is 19.2 Å². The van der Waals surface area contributed by atoms with Gasteiger partial charge in [0.15, 0.2) is 12.4 Å². The van der Waals surface area contributed by atoms with E-state index in [1.54, 1.807) is 32.2 Å². The number of rotatable bonds is 6. The van der Waals surface area contributed by atoms with Gasteiger partial charge in [-0.2, -0.15) is 0 Å². The molecule has 0 spiro atoms. The number of nitrogens with zero attached hydrogens (tertiary/aromatic N) is 1. The Kier molecular flexibility index (Phi) is 6.06. The van der Waals surface area contributed by atoms with Crippen molar-refractivity contribution in [3.8, 4) is 5.75 Å². The minimum Gasteiger partial charge on any atom is -0.497 e. The first kappa shape index (κ1) is 20.0. The van der Waals surface area contributed by atoms with Gasteiger partial charge in [0.25, 0.3) is 5.91 Å². The minimum absolute atomic E-state index is 0.0360. The highest BCUT2D eigenvalue weighted by molar-refractivity contribution is 6.36. The smallest absolute Gasteiger partial charge is 0.310 e. The second kappa shape index (κ2) is 8.50. The average molecular weight is 423 g/mol. The molecule has 1 amide bonds. The van der Waals surface area contributed by atoms with E-state index >= 15 is 0 Å². The Labute approximate surface area is 170 Å². The summed E-state index contributed by atoms with van der Waals surface area (Å²) < 4.78 is 15.6. The monoisotopic (exact) mass is 422 g/mol. The largest absolute Gasteiger partial charge is 0.497 e. The zero-order chi connectivity index (χ0) is 20.3. The molecule has 3 rings (SSSR count). The van der Waals surface area contributed by atoms with Crippen LogP contribution in [-0.4, -0.2) is 30.6 Å². The Morgan fingerprint density at radius 2 is 2.00 bits per heavy atom. The summed E-state index contributed by atoms with van der Waals surface area (Å²) in [6.45, 7) is 1.21. The van der Waals surface area contributed by atoms with E-state index in [0.717, 1.165) is 5.39 Å². The van der Waals surface area contributed by atoms with E-state index in [1.807, 2.05) is 0 Å². The predicted molar refractivity (Wildman–Crippen MR) is 105 cm³/mol. The lowest BCUT2D eigenvalue weighted by atomic mass is 10.1. The Hall–Kier alpha value is -2.77. The van der Waals surface area contributed by atoms with Crippen molar-refractivity contribution in [3.63, 3.8) is 0 Å². The van der Waals surface area contributed by atoms with Crippen LogP contribution in [0.1, 0.15) is 11.3 Å². The number of amides is 1. The van der Waals surface area contributed by atoms with E-state index < -0.39 is 18.5 Å². The maximum absolute atomic E-state index is 12.1. The van der Waals surface area contributed by atoms with E-state index in [9.17, 15) is 9.59 Å². The SMILES string of the molecule is COc1ccc2c(CC(=O)OCC(=O)Nc3nc(C)c(Cl)cc3Cl)coc2c1. The lowest BCUT2D eigenvalue weighted by molar-refractivity contribution is -0.146. The number of furan rings is 1. The van der Waals surface area contributed by atoms with Crippen molar-refractivity contribution >= 4 is 51.9 Å². The van der Waals surface area contributed by atoms with Crippen LogP contribution >= 0.6 is 23.2 Å². The Balaban J connectivity index is 1.57. The van der Waals surface area contributed by atoms with Crippen molar-refractivity contribution in [2.75, 3.05) is 19.0 Å². The van der Waals surface area contributed by atoms with Crippen LogP contribution in [0.2, 0.25) is 10.0 Å². The maximum Gasteiger partial charge on any atom is 0.310 e. The summed E-state index contributed by atoms with van der Waals surface area (Å²) >= 11 is 11.9. The molecule has 0 atom stereocenters. The van der Waals surface area contributed by atoms with Crippen LogP contribution in [-0.2, 0) is 20.7 Å². The molecule has 28 heavy (non-hydrogen) atoms. The summed E-state index contributed by atoms with van der Waals surface area (Å²) in [5, 5.41) is 3.84. The summed E-state index contributed by atoms with van der Waals surface area (Å²) in [4.78, 5) is 28.2. The zero-order valence-corrected chi connectivity index (χ0v) is 16.6. The molecule has 0 aliphatic carbocycles. The first-order valence-corrected chi connectivity index (χ1v) is 8.95. The fraction of sp³-hybridized carbons (Fsp3) is 0.211. The number of ether oxygens (including phenoxy) is 2. The second-order valence-electron chi connectivity index (χ2n) is 5.89. The van der Waals surface area contributed by atoms with Gasteiger partial charge in [0.1, 0.15) is 11.3 Å². The van der Waals surface area contributed by atoms with Crippen LogP contribution in [0.5, 0.6) is 5.75 Å². The first-order valence-electron chi connectivity index (χ1n) is 8.19.